The first-order valence-electron chi connectivity index (χ1n) is 7.97. The molecule has 0 fully saturated rings. The van der Waals surface area contributed by atoms with Crippen molar-refractivity contribution in [1.82, 2.24) is 19.6 Å². The Bertz CT molecular complexity index is 627. The van der Waals surface area contributed by atoms with Gasteiger partial charge in [0.15, 0.2) is 5.82 Å². The number of carbonyl (C=O) groups excluding carboxylic acids is 1. The summed E-state index contributed by atoms with van der Waals surface area (Å²) >= 11 is 0. The number of aliphatic hydroxyl groups excluding tert-OH is 1. The molecular formula is C17H25N5O2. The van der Waals surface area contributed by atoms with E-state index in [-0.39, 0.29) is 19.2 Å². The number of anilines is 1. The number of aliphatic hydroxyl groups is 1. The molecule has 1 heterocycles. The summed E-state index contributed by atoms with van der Waals surface area (Å²) in [6, 6.07) is 11.2. The summed E-state index contributed by atoms with van der Waals surface area (Å²) in [6.07, 6.45) is 1.84. The number of benzene rings is 1. The summed E-state index contributed by atoms with van der Waals surface area (Å²) in [6.45, 7) is 2.25. The van der Waals surface area contributed by atoms with Crippen LogP contribution in [0.5, 0.6) is 0 Å². The number of hydrogen-bond donors (Lipinski definition) is 2. The monoisotopic (exact) mass is 331 g/mol. The Morgan fingerprint density at radius 2 is 1.96 bits per heavy atom. The molecule has 7 nitrogen and oxygen atoms in total. The van der Waals surface area contributed by atoms with Crippen molar-refractivity contribution in [1.29, 1.82) is 0 Å². The fourth-order valence-corrected chi connectivity index (χ4v) is 2.22. The van der Waals surface area contributed by atoms with Crippen LogP contribution in [-0.2, 0) is 13.1 Å². The number of nitrogens with zero attached hydrogens (tertiary/aromatic N) is 4. The van der Waals surface area contributed by atoms with E-state index in [9.17, 15) is 9.90 Å². The number of aromatic nitrogens is 2. The maximum absolute atomic E-state index is 12.4. The van der Waals surface area contributed by atoms with E-state index in [1.165, 1.54) is 0 Å². The van der Waals surface area contributed by atoms with Crippen LogP contribution in [0.4, 0.5) is 10.6 Å². The Hall–Kier alpha value is -2.38. The SMILES string of the molecule is CN(C)CCn1ccc(NC(=O)N(CCO)Cc2ccccc2)n1. The number of carbonyl (C=O) groups is 1. The predicted octanol–water partition coefficient (Wildman–Crippen LogP) is 1.47. The van der Waals surface area contributed by atoms with Gasteiger partial charge in [-0.15, -0.1) is 0 Å². The van der Waals surface area contributed by atoms with Crippen LogP contribution in [0.15, 0.2) is 42.6 Å². The molecule has 0 bridgehead atoms. The average molecular weight is 331 g/mol. The van der Waals surface area contributed by atoms with Crippen molar-refractivity contribution in [3.63, 3.8) is 0 Å². The van der Waals surface area contributed by atoms with Crippen molar-refractivity contribution < 1.29 is 9.90 Å². The number of likely N-dealkylation sites (N-methyl/N-ethyl adjacent to an activating group) is 1. The van der Waals surface area contributed by atoms with Crippen LogP contribution in [0.3, 0.4) is 0 Å². The van der Waals surface area contributed by atoms with Crippen LogP contribution < -0.4 is 5.32 Å². The molecule has 2 rings (SSSR count). The van der Waals surface area contributed by atoms with Gasteiger partial charge in [0.1, 0.15) is 0 Å². The van der Waals surface area contributed by atoms with Crippen LogP contribution in [-0.4, -0.2) is 64.5 Å². The summed E-state index contributed by atoms with van der Waals surface area (Å²) in [4.78, 5) is 16.1. The number of hydrogen-bond acceptors (Lipinski definition) is 4. The van der Waals surface area contributed by atoms with Gasteiger partial charge in [-0.3, -0.25) is 10.00 Å². The van der Waals surface area contributed by atoms with E-state index in [0.717, 1.165) is 18.7 Å². The highest BCUT2D eigenvalue weighted by molar-refractivity contribution is 5.88. The molecule has 0 unspecified atom stereocenters. The first kappa shape index (κ1) is 18.0. The molecule has 1 aromatic carbocycles. The molecule has 0 saturated heterocycles. The maximum atomic E-state index is 12.4. The minimum Gasteiger partial charge on any atom is -0.395 e. The molecule has 2 N–H and O–H groups in total. The normalized spacial score (nSPS) is 10.8. The Morgan fingerprint density at radius 3 is 2.62 bits per heavy atom. The third-order valence-corrected chi connectivity index (χ3v) is 3.53. The number of rotatable bonds is 8. The van der Waals surface area contributed by atoms with Gasteiger partial charge in [-0.1, -0.05) is 30.3 Å². The first-order valence-corrected chi connectivity index (χ1v) is 7.97. The van der Waals surface area contributed by atoms with E-state index < -0.39 is 0 Å². The van der Waals surface area contributed by atoms with Gasteiger partial charge in [0.25, 0.3) is 0 Å². The second-order valence-electron chi connectivity index (χ2n) is 5.83. The minimum absolute atomic E-state index is 0.0858. The van der Waals surface area contributed by atoms with Gasteiger partial charge in [-0.25, -0.2) is 4.79 Å². The number of urea groups is 1. The quantitative estimate of drug-likeness (QED) is 0.768. The standard InChI is InChI=1S/C17H25N5O2/c1-20(2)10-11-22-9-8-16(19-22)18-17(24)21(12-13-23)14-15-6-4-3-5-7-15/h3-9,23H,10-14H2,1-2H3,(H,18,19,24). The molecule has 2 amide bonds. The average Bonchev–Trinajstić information content (AvgIpc) is 3.01. The van der Waals surface area contributed by atoms with E-state index in [1.807, 2.05) is 50.6 Å². The highest BCUT2D eigenvalue weighted by Crippen LogP contribution is 2.08. The molecule has 0 atom stereocenters. The molecule has 2 aromatic rings. The first-order chi connectivity index (χ1) is 11.6. The van der Waals surface area contributed by atoms with Crippen molar-refractivity contribution in [2.24, 2.45) is 0 Å². The Labute approximate surface area is 142 Å². The largest absolute Gasteiger partial charge is 0.395 e. The van der Waals surface area contributed by atoms with Gasteiger partial charge in [0, 0.05) is 31.9 Å². The fraction of sp³-hybridized carbons (Fsp3) is 0.412. The van der Waals surface area contributed by atoms with Gasteiger partial charge in [0.2, 0.25) is 0 Å². The van der Waals surface area contributed by atoms with E-state index in [1.54, 1.807) is 15.6 Å². The lowest BCUT2D eigenvalue weighted by Crippen LogP contribution is -2.36. The van der Waals surface area contributed by atoms with Crippen LogP contribution in [0.1, 0.15) is 5.56 Å². The lowest BCUT2D eigenvalue weighted by Gasteiger charge is -2.21. The van der Waals surface area contributed by atoms with Crippen molar-refractivity contribution in [2.45, 2.75) is 13.1 Å². The van der Waals surface area contributed by atoms with Crippen molar-refractivity contribution >= 4 is 11.8 Å². The Kier molecular flexibility index (Phi) is 6.77. The molecule has 1 aromatic heterocycles. The van der Waals surface area contributed by atoms with Gasteiger partial charge >= 0.3 is 6.03 Å². The van der Waals surface area contributed by atoms with Crippen LogP contribution >= 0.6 is 0 Å². The van der Waals surface area contributed by atoms with Crippen LogP contribution in [0.25, 0.3) is 0 Å². The fourth-order valence-electron chi connectivity index (χ4n) is 2.22. The van der Waals surface area contributed by atoms with Crippen LogP contribution in [0.2, 0.25) is 0 Å². The number of amides is 2. The zero-order chi connectivity index (χ0) is 17.4. The molecule has 0 aliphatic heterocycles. The van der Waals surface area contributed by atoms with E-state index in [4.69, 9.17) is 0 Å². The van der Waals surface area contributed by atoms with Gasteiger partial charge in [-0.05, 0) is 19.7 Å². The van der Waals surface area contributed by atoms with Gasteiger partial charge in [0.05, 0.1) is 13.2 Å². The summed E-state index contributed by atoms with van der Waals surface area (Å²) in [5.41, 5.74) is 1.01. The van der Waals surface area contributed by atoms with Crippen molar-refractivity contribution in [3.05, 3.63) is 48.2 Å². The van der Waals surface area contributed by atoms with E-state index in [0.29, 0.717) is 12.4 Å². The summed E-state index contributed by atoms with van der Waals surface area (Å²) in [7, 11) is 4.01. The molecule has 24 heavy (non-hydrogen) atoms. The van der Waals surface area contributed by atoms with E-state index >= 15 is 0 Å². The molecule has 0 aliphatic rings. The third kappa shape index (κ3) is 5.68. The molecule has 0 spiro atoms. The Morgan fingerprint density at radius 1 is 1.21 bits per heavy atom. The third-order valence-electron chi connectivity index (χ3n) is 3.53. The molecule has 7 heteroatoms. The van der Waals surface area contributed by atoms with Gasteiger partial charge < -0.3 is 14.9 Å². The Balaban J connectivity index is 1.95. The van der Waals surface area contributed by atoms with Crippen molar-refractivity contribution in [2.75, 3.05) is 39.1 Å². The predicted molar refractivity (Wildman–Crippen MR) is 93.7 cm³/mol. The highest BCUT2D eigenvalue weighted by atomic mass is 16.3. The molecule has 0 radical (unpaired) electrons. The zero-order valence-electron chi connectivity index (χ0n) is 14.2. The molecule has 0 saturated carbocycles. The smallest absolute Gasteiger partial charge is 0.323 e. The van der Waals surface area contributed by atoms with Crippen molar-refractivity contribution in [3.8, 4) is 0 Å². The van der Waals surface area contributed by atoms with Crippen LogP contribution in [0, 0.1) is 0 Å². The second kappa shape index (κ2) is 9.05. The summed E-state index contributed by atoms with van der Waals surface area (Å²) in [5.74, 6) is 0.509. The molecule has 0 aliphatic carbocycles. The second-order valence-corrected chi connectivity index (χ2v) is 5.83. The molecule has 130 valence electrons. The molecular weight excluding hydrogens is 306 g/mol. The maximum Gasteiger partial charge on any atom is 0.323 e. The summed E-state index contributed by atoms with van der Waals surface area (Å²) < 4.78 is 1.79. The summed E-state index contributed by atoms with van der Waals surface area (Å²) in [5, 5.41) is 16.3. The zero-order valence-corrected chi connectivity index (χ0v) is 14.2. The number of nitrogens with one attached hydrogen (secondary N) is 1. The lowest BCUT2D eigenvalue weighted by atomic mass is 10.2. The van der Waals surface area contributed by atoms with E-state index in [2.05, 4.69) is 15.3 Å². The lowest BCUT2D eigenvalue weighted by molar-refractivity contribution is 0.185. The minimum atomic E-state index is -0.272. The topological polar surface area (TPSA) is 73.6 Å². The van der Waals surface area contributed by atoms with Gasteiger partial charge in [-0.2, -0.15) is 5.10 Å². The highest BCUT2D eigenvalue weighted by Gasteiger charge is 2.14.